The zero-order chi connectivity index (χ0) is 11.5. The predicted molar refractivity (Wildman–Crippen MR) is 49.0 cm³/mol. The van der Waals surface area contributed by atoms with Crippen molar-refractivity contribution >= 4 is 5.91 Å². The van der Waals surface area contributed by atoms with E-state index in [1.54, 1.807) is 0 Å². The summed E-state index contributed by atoms with van der Waals surface area (Å²) in [5.41, 5.74) is 5.71. The van der Waals surface area contributed by atoms with Crippen LogP contribution in [0.25, 0.3) is 0 Å². The highest BCUT2D eigenvalue weighted by Crippen LogP contribution is 2.26. The quantitative estimate of drug-likeness (QED) is 0.756. The van der Waals surface area contributed by atoms with Gasteiger partial charge in [0.25, 0.3) is 0 Å². The molecule has 1 amide bonds. The number of rotatable bonds is 3. The molecule has 0 spiro atoms. The highest BCUT2D eigenvalue weighted by molar-refractivity contribution is 5.76. The van der Waals surface area contributed by atoms with Crippen LogP contribution >= 0.6 is 0 Å². The van der Waals surface area contributed by atoms with Crippen molar-refractivity contribution in [2.45, 2.75) is 37.9 Å². The molecule has 3 N–H and O–H groups in total. The van der Waals surface area contributed by atoms with Crippen LogP contribution in [0.2, 0.25) is 0 Å². The molecule has 1 saturated carbocycles. The molecule has 0 aromatic carbocycles. The summed E-state index contributed by atoms with van der Waals surface area (Å²) in [4.78, 5) is 11.1. The highest BCUT2D eigenvalue weighted by Gasteiger charge is 2.30. The third kappa shape index (κ3) is 4.51. The third-order valence-corrected chi connectivity index (χ3v) is 2.65. The van der Waals surface area contributed by atoms with Gasteiger partial charge in [-0.15, -0.1) is 0 Å². The van der Waals surface area contributed by atoms with Gasteiger partial charge in [-0.2, -0.15) is 13.2 Å². The van der Waals surface area contributed by atoms with Crippen LogP contribution in [0.5, 0.6) is 0 Å². The van der Waals surface area contributed by atoms with Crippen LogP contribution in [-0.2, 0) is 4.79 Å². The Bertz CT molecular complexity index is 230. The van der Waals surface area contributed by atoms with Gasteiger partial charge in [0.05, 0.1) is 0 Å². The second-order valence-electron chi connectivity index (χ2n) is 3.95. The Kier molecular flexibility index (Phi) is 3.96. The first kappa shape index (κ1) is 12.3. The van der Waals surface area contributed by atoms with Gasteiger partial charge in [-0.05, 0) is 18.8 Å². The van der Waals surface area contributed by atoms with E-state index >= 15 is 0 Å². The number of alkyl halides is 3. The van der Waals surface area contributed by atoms with Crippen LogP contribution in [0.3, 0.4) is 0 Å². The average molecular weight is 224 g/mol. The number of amides is 1. The van der Waals surface area contributed by atoms with E-state index in [4.69, 9.17) is 5.73 Å². The van der Waals surface area contributed by atoms with Crippen LogP contribution in [0.1, 0.15) is 25.7 Å². The van der Waals surface area contributed by atoms with Crippen molar-refractivity contribution in [2.24, 2.45) is 11.7 Å². The zero-order valence-corrected chi connectivity index (χ0v) is 8.31. The van der Waals surface area contributed by atoms with Crippen molar-refractivity contribution in [1.82, 2.24) is 5.32 Å². The molecule has 88 valence electrons. The molecule has 1 aliphatic carbocycles. The number of hydrogen-bond acceptors (Lipinski definition) is 2. The minimum Gasteiger partial charge on any atom is -0.347 e. The molecule has 0 unspecified atom stereocenters. The molecule has 1 aliphatic rings. The molecule has 1 rings (SSSR count). The van der Waals surface area contributed by atoms with Crippen molar-refractivity contribution in [1.29, 1.82) is 0 Å². The van der Waals surface area contributed by atoms with E-state index in [9.17, 15) is 18.0 Å². The maximum absolute atomic E-state index is 11.8. The van der Waals surface area contributed by atoms with Crippen LogP contribution in [0.4, 0.5) is 13.2 Å². The second-order valence-corrected chi connectivity index (χ2v) is 3.95. The van der Waals surface area contributed by atoms with Crippen molar-refractivity contribution in [2.75, 3.05) is 6.54 Å². The van der Waals surface area contributed by atoms with E-state index < -0.39 is 18.6 Å². The normalized spacial score (nSPS) is 26.7. The Balaban J connectivity index is 2.24. The summed E-state index contributed by atoms with van der Waals surface area (Å²) < 4.78 is 35.3. The minimum absolute atomic E-state index is 0.0400. The molecule has 15 heavy (non-hydrogen) atoms. The summed E-state index contributed by atoms with van der Waals surface area (Å²) in [5.74, 6) is -0.520. The number of halogens is 3. The maximum atomic E-state index is 11.8. The number of carbonyl (C=O) groups is 1. The number of nitrogens with one attached hydrogen (secondary N) is 1. The van der Waals surface area contributed by atoms with E-state index in [0.29, 0.717) is 0 Å². The van der Waals surface area contributed by atoms with Gasteiger partial charge in [-0.3, -0.25) is 4.79 Å². The fraction of sp³-hybridized carbons (Fsp3) is 0.889. The predicted octanol–water partition coefficient (Wildman–Crippen LogP) is 1.18. The van der Waals surface area contributed by atoms with Gasteiger partial charge in [0.1, 0.15) is 6.54 Å². The highest BCUT2D eigenvalue weighted by atomic mass is 19.4. The second kappa shape index (κ2) is 4.83. The molecule has 1 fully saturated rings. The Labute approximate surface area is 86.2 Å². The van der Waals surface area contributed by atoms with Gasteiger partial charge in [0.15, 0.2) is 0 Å². The van der Waals surface area contributed by atoms with Crippen molar-refractivity contribution in [3.8, 4) is 0 Å². The average Bonchev–Trinajstić information content (AvgIpc) is 2.47. The number of nitrogens with two attached hydrogens (primary N) is 1. The van der Waals surface area contributed by atoms with Crippen LogP contribution in [-0.4, -0.2) is 24.7 Å². The number of carbonyl (C=O) groups excluding carboxylic acids is 1. The van der Waals surface area contributed by atoms with Crippen molar-refractivity contribution < 1.29 is 18.0 Å². The summed E-state index contributed by atoms with van der Waals surface area (Å²) in [6.07, 6.45) is -1.58. The standard InChI is InChI=1S/C9H15F3N2O/c10-9(11,12)5-14-8(15)4-6-2-1-3-7(6)13/h6-7H,1-5,13H2,(H,14,15)/t6-,7+/m0/s1. The fourth-order valence-corrected chi connectivity index (χ4v) is 1.83. The number of hydrogen-bond donors (Lipinski definition) is 2. The van der Waals surface area contributed by atoms with Gasteiger partial charge in [-0.1, -0.05) is 6.42 Å². The first-order valence-electron chi connectivity index (χ1n) is 4.97. The van der Waals surface area contributed by atoms with Crippen LogP contribution < -0.4 is 11.1 Å². The molecule has 0 aromatic heterocycles. The topological polar surface area (TPSA) is 55.1 Å². The van der Waals surface area contributed by atoms with Gasteiger partial charge < -0.3 is 11.1 Å². The largest absolute Gasteiger partial charge is 0.405 e. The molecule has 0 aliphatic heterocycles. The molecular weight excluding hydrogens is 209 g/mol. The summed E-state index contributed by atoms with van der Waals surface area (Å²) in [6, 6.07) is -0.0402. The fourth-order valence-electron chi connectivity index (χ4n) is 1.83. The monoisotopic (exact) mass is 224 g/mol. The molecule has 0 saturated heterocycles. The molecular formula is C9H15F3N2O. The maximum Gasteiger partial charge on any atom is 0.405 e. The summed E-state index contributed by atoms with van der Waals surface area (Å²) in [5, 5.41) is 1.85. The van der Waals surface area contributed by atoms with E-state index in [1.807, 2.05) is 5.32 Å². The third-order valence-electron chi connectivity index (χ3n) is 2.65. The molecule has 0 bridgehead atoms. The first-order valence-corrected chi connectivity index (χ1v) is 4.97. The smallest absolute Gasteiger partial charge is 0.347 e. The van der Waals surface area contributed by atoms with Gasteiger partial charge in [0.2, 0.25) is 5.91 Å². The lowest BCUT2D eigenvalue weighted by Gasteiger charge is -2.15. The van der Waals surface area contributed by atoms with Crippen molar-refractivity contribution in [3.05, 3.63) is 0 Å². The minimum atomic E-state index is -4.34. The molecule has 0 radical (unpaired) electrons. The lowest BCUT2D eigenvalue weighted by Crippen LogP contribution is -2.36. The van der Waals surface area contributed by atoms with Crippen LogP contribution in [0.15, 0.2) is 0 Å². The molecule has 3 nitrogen and oxygen atoms in total. The Morgan fingerprint density at radius 3 is 2.53 bits per heavy atom. The van der Waals surface area contributed by atoms with Gasteiger partial charge in [0, 0.05) is 12.5 Å². The first-order chi connectivity index (χ1) is 6.88. The Morgan fingerprint density at radius 1 is 1.40 bits per heavy atom. The zero-order valence-electron chi connectivity index (χ0n) is 8.31. The Hall–Kier alpha value is -0.780. The van der Waals surface area contributed by atoms with Crippen LogP contribution in [0, 0.1) is 5.92 Å². The molecule has 0 heterocycles. The SMILES string of the molecule is N[C@@H]1CCC[C@H]1CC(=O)NCC(F)(F)F. The van der Waals surface area contributed by atoms with Gasteiger partial charge in [-0.25, -0.2) is 0 Å². The van der Waals surface area contributed by atoms with E-state index in [0.717, 1.165) is 19.3 Å². The summed E-state index contributed by atoms with van der Waals surface area (Å²) in [6.45, 7) is -1.26. The van der Waals surface area contributed by atoms with E-state index in [2.05, 4.69) is 0 Å². The lowest BCUT2D eigenvalue weighted by atomic mass is 10.00. The van der Waals surface area contributed by atoms with Gasteiger partial charge >= 0.3 is 6.18 Å². The van der Waals surface area contributed by atoms with E-state index in [1.165, 1.54) is 0 Å². The van der Waals surface area contributed by atoms with Crippen molar-refractivity contribution in [3.63, 3.8) is 0 Å². The Morgan fingerprint density at radius 2 is 2.07 bits per heavy atom. The molecule has 6 heteroatoms. The lowest BCUT2D eigenvalue weighted by molar-refractivity contribution is -0.139. The summed E-state index contributed by atoms with van der Waals surface area (Å²) in [7, 11) is 0. The van der Waals surface area contributed by atoms with E-state index in [-0.39, 0.29) is 18.4 Å². The molecule has 0 aromatic rings. The summed E-state index contributed by atoms with van der Waals surface area (Å²) >= 11 is 0. The molecule has 2 atom stereocenters.